The van der Waals surface area contributed by atoms with Gasteiger partial charge in [-0.05, 0) is 79.5 Å². The minimum atomic E-state index is -0.821. The van der Waals surface area contributed by atoms with Crippen LogP contribution in [0.4, 0.5) is 5.69 Å². The van der Waals surface area contributed by atoms with Gasteiger partial charge in [0, 0.05) is 11.6 Å². The van der Waals surface area contributed by atoms with Gasteiger partial charge in [0.2, 0.25) is 0 Å². The number of aliphatic hydroxyl groups excluding tert-OH is 1. The molecule has 0 spiro atoms. The van der Waals surface area contributed by atoms with Gasteiger partial charge < -0.3 is 30.3 Å². The largest absolute Gasteiger partial charge is 0.506 e. The molecule has 4 N–H and O–H groups in total. The van der Waals surface area contributed by atoms with E-state index >= 15 is 0 Å². The first-order valence-electron chi connectivity index (χ1n) is 10.7. The van der Waals surface area contributed by atoms with Crippen LogP contribution in [0.15, 0.2) is 66.7 Å². The molecule has 0 saturated heterocycles. The molecule has 0 radical (unpaired) electrons. The summed E-state index contributed by atoms with van der Waals surface area (Å²) in [6, 6.07) is 19.0. The second-order valence-corrected chi connectivity index (χ2v) is 7.74. The van der Waals surface area contributed by atoms with Crippen LogP contribution in [0.2, 0.25) is 0 Å². The monoisotopic (exact) mass is 450 g/mol. The van der Waals surface area contributed by atoms with E-state index in [2.05, 4.69) is 10.6 Å². The summed E-state index contributed by atoms with van der Waals surface area (Å²) in [5.41, 5.74) is 2.41. The summed E-state index contributed by atoms with van der Waals surface area (Å²) in [6.45, 7) is 2.57. The first kappa shape index (κ1) is 24.1. The van der Waals surface area contributed by atoms with Gasteiger partial charge in [0.25, 0.3) is 5.91 Å². The van der Waals surface area contributed by atoms with Crippen LogP contribution in [0.5, 0.6) is 17.2 Å². The summed E-state index contributed by atoms with van der Waals surface area (Å²) in [5.74, 6) is 1.02. The van der Waals surface area contributed by atoms with Gasteiger partial charge in [-0.3, -0.25) is 4.79 Å². The number of carbonyl (C=O) groups excluding carboxylic acids is 1. The highest BCUT2D eigenvalue weighted by Gasteiger charge is 2.18. The molecule has 3 rings (SSSR count). The van der Waals surface area contributed by atoms with Crippen LogP contribution in [0.25, 0.3) is 0 Å². The molecular formula is C26H30N2O5. The molecule has 7 nitrogen and oxygen atoms in total. The van der Waals surface area contributed by atoms with Gasteiger partial charge in [0.15, 0.2) is 0 Å². The number of hydrogen-bond acceptors (Lipinski definition) is 6. The summed E-state index contributed by atoms with van der Waals surface area (Å²) < 4.78 is 10.3. The molecule has 0 aromatic heterocycles. The van der Waals surface area contributed by atoms with Crippen LogP contribution in [0, 0.1) is 0 Å². The standard InChI is InChI=1S/C26H30N2O5/c1-17(27-15-14-18-4-9-21(32-2)10-5-18)25(30)20-8-13-24(29)23(16-20)28-26(31)19-6-11-22(33-3)12-7-19/h4-13,16-17,25,27,29-30H,14-15H2,1-3H3,(H,28,31). The fourth-order valence-corrected chi connectivity index (χ4v) is 3.41. The predicted octanol–water partition coefficient (Wildman–Crippen LogP) is 3.92. The van der Waals surface area contributed by atoms with Crippen LogP contribution >= 0.6 is 0 Å². The van der Waals surface area contributed by atoms with Crippen LogP contribution in [0.1, 0.15) is 34.5 Å². The quantitative estimate of drug-likeness (QED) is 0.350. The van der Waals surface area contributed by atoms with E-state index in [0.717, 1.165) is 17.7 Å². The average molecular weight is 451 g/mol. The zero-order valence-corrected chi connectivity index (χ0v) is 19.0. The van der Waals surface area contributed by atoms with E-state index in [1.54, 1.807) is 50.6 Å². The molecule has 0 aliphatic heterocycles. The highest BCUT2D eigenvalue weighted by Crippen LogP contribution is 2.29. The fourth-order valence-electron chi connectivity index (χ4n) is 3.41. The SMILES string of the molecule is COc1ccc(CCNC(C)C(O)c2ccc(O)c(NC(=O)c3ccc(OC)cc3)c2)cc1. The smallest absolute Gasteiger partial charge is 0.255 e. The number of nitrogens with one attached hydrogen (secondary N) is 2. The summed E-state index contributed by atoms with van der Waals surface area (Å²) in [4.78, 5) is 12.6. The number of anilines is 1. The number of phenolic OH excluding ortho intramolecular Hbond substituents is 1. The molecule has 7 heteroatoms. The number of carbonyl (C=O) groups is 1. The molecule has 33 heavy (non-hydrogen) atoms. The van der Waals surface area contributed by atoms with Gasteiger partial charge in [-0.25, -0.2) is 0 Å². The van der Waals surface area contributed by atoms with Crippen molar-refractivity contribution in [3.63, 3.8) is 0 Å². The van der Waals surface area contributed by atoms with Gasteiger partial charge in [0.1, 0.15) is 17.2 Å². The predicted molar refractivity (Wildman–Crippen MR) is 128 cm³/mol. The number of ether oxygens (including phenoxy) is 2. The molecule has 3 aromatic carbocycles. The molecule has 1 amide bonds. The van der Waals surface area contributed by atoms with Crippen molar-refractivity contribution in [2.75, 3.05) is 26.1 Å². The van der Waals surface area contributed by atoms with E-state index in [4.69, 9.17) is 9.47 Å². The van der Waals surface area contributed by atoms with Crippen molar-refractivity contribution >= 4 is 11.6 Å². The molecular weight excluding hydrogens is 420 g/mol. The maximum Gasteiger partial charge on any atom is 0.255 e. The van der Waals surface area contributed by atoms with Gasteiger partial charge in [0.05, 0.1) is 26.0 Å². The Kier molecular flexibility index (Phi) is 8.29. The number of phenols is 1. The Morgan fingerprint density at radius 1 is 0.939 bits per heavy atom. The Labute approximate surface area is 194 Å². The molecule has 3 aromatic rings. The number of amides is 1. The summed E-state index contributed by atoms with van der Waals surface area (Å²) in [5, 5.41) is 27.0. The topological polar surface area (TPSA) is 100 Å². The Morgan fingerprint density at radius 2 is 1.55 bits per heavy atom. The minimum Gasteiger partial charge on any atom is -0.506 e. The first-order chi connectivity index (χ1) is 15.9. The van der Waals surface area contributed by atoms with Crippen LogP contribution < -0.4 is 20.1 Å². The van der Waals surface area contributed by atoms with Crippen LogP contribution in [-0.4, -0.2) is 42.9 Å². The van der Waals surface area contributed by atoms with Crippen molar-refractivity contribution < 1.29 is 24.5 Å². The van der Waals surface area contributed by atoms with Gasteiger partial charge in [-0.1, -0.05) is 18.2 Å². The number of methoxy groups -OCH3 is 2. The van der Waals surface area contributed by atoms with Crippen molar-refractivity contribution in [1.82, 2.24) is 5.32 Å². The second-order valence-electron chi connectivity index (χ2n) is 7.74. The lowest BCUT2D eigenvalue weighted by Gasteiger charge is -2.22. The zero-order valence-electron chi connectivity index (χ0n) is 19.0. The number of benzene rings is 3. The Morgan fingerprint density at radius 3 is 2.15 bits per heavy atom. The van der Waals surface area contributed by atoms with Crippen molar-refractivity contribution in [2.24, 2.45) is 0 Å². The molecule has 2 atom stereocenters. The number of aliphatic hydroxyl groups is 1. The normalized spacial score (nSPS) is 12.6. The minimum absolute atomic E-state index is 0.0760. The second kappa shape index (κ2) is 11.4. The van der Waals surface area contributed by atoms with E-state index < -0.39 is 6.10 Å². The van der Waals surface area contributed by atoms with Crippen molar-refractivity contribution in [3.8, 4) is 17.2 Å². The molecule has 0 aliphatic rings. The van der Waals surface area contributed by atoms with Gasteiger partial charge in [-0.15, -0.1) is 0 Å². The number of rotatable bonds is 10. The number of aromatic hydroxyl groups is 1. The maximum absolute atomic E-state index is 12.6. The lowest BCUT2D eigenvalue weighted by atomic mass is 10.0. The third-order valence-electron chi connectivity index (χ3n) is 5.48. The molecule has 0 aliphatic carbocycles. The third-order valence-corrected chi connectivity index (χ3v) is 5.48. The van der Waals surface area contributed by atoms with Crippen LogP contribution in [-0.2, 0) is 6.42 Å². The molecule has 0 heterocycles. The maximum atomic E-state index is 12.6. The lowest BCUT2D eigenvalue weighted by Crippen LogP contribution is -2.33. The number of hydrogen-bond donors (Lipinski definition) is 4. The summed E-state index contributed by atoms with van der Waals surface area (Å²) in [7, 11) is 3.19. The Hall–Kier alpha value is -3.55. The lowest BCUT2D eigenvalue weighted by molar-refractivity contribution is 0.102. The van der Waals surface area contributed by atoms with E-state index in [1.165, 1.54) is 6.07 Å². The average Bonchev–Trinajstić information content (AvgIpc) is 2.85. The highest BCUT2D eigenvalue weighted by atomic mass is 16.5. The fraction of sp³-hybridized carbons (Fsp3) is 0.269. The molecule has 0 fully saturated rings. The molecule has 2 unspecified atom stereocenters. The zero-order chi connectivity index (χ0) is 23.8. The van der Waals surface area contributed by atoms with E-state index in [1.807, 2.05) is 31.2 Å². The van der Waals surface area contributed by atoms with Crippen molar-refractivity contribution in [2.45, 2.75) is 25.5 Å². The van der Waals surface area contributed by atoms with Crippen molar-refractivity contribution in [3.05, 3.63) is 83.4 Å². The summed E-state index contributed by atoms with van der Waals surface area (Å²) in [6.07, 6.45) is -0.0158. The molecule has 0 bridgehead atoms. The Bertz CT molecular complexity index is 1050. The van der Waals surface area contributed by atoms with E-state index in [9.17, 15) is 15.0 Å². The van der Waals surface area contributed by atoms with Gasteiger partial charge >= 0.3 is 0 Å². The van der Waals surface area contributed by atoms with Gasteiger partial charge in [-0.2, -0.15) is 0 Å². The highest BCUT2D eigenvalue weighted by molar-refractivity contribution is 6.05. The molecule has 174 valence electrons. The van der Waals surface area contributed by atoms with E-state index in [-0.39, 0.29) is 23.4 Å². The summed E-state index contributed by atoms with van der Waals surface area (Å²) >= 11 is 0. The third kappa shape index (κ3) is 6.47. The van der Waals surface area contributed by atoms with Crippen molar-refractivity contribution in [1.29, 1.82) is 0 Å². The first-order valence-corrected chi connectivity index (χ1v) is 10.7. The van der Waals surface area contributed by atoms with E-state index in [0.29, 0.717) is 23.4 Å². The Balaban J connectivity index is 1.59. The van der Waals surface area contributed by atoms with Crippen LogP contribution in [0.3, 0.4) is 0 Å². The molecule has 0 saturated carbocycles.